The molecule has 3 aromatic heterocycles. The molecule has 23 heavy (non-hydrogen) atoms. The van der Waals surface area contributed by atoms with Crippen LogP contribution >= 0.6 is 22.7 Å². The monoisotopic (exact) mass is 339 g/mol. The number of hydrogen-bond acceptors (Lipinski definition) is 3. The highest BCUT2D eigenvalue weighted by molar-refractivity contribution is 7.20. The van der Waals surface area contributed by atoms with Gasteiger partial charge in [0, 0.05) is 42.3 Å². The van der Waals surface area contributed by atoms with Gasteiger partial charge in [-0.25, -0.2) is 0 Å². The number of hydrogen-bond donors (Lipinski definition) is 0. The third-order valence-electron chi connectivity index (χ3n) is 4.81. The van der Waals surface area contributed by atoms with Crippen molar-refractivity contribution in [2.45, 2.75) is 46.5 Å². The molecule has 0 saturated heterocycles. The van der Waals surface area contributed by atoms with Gasteiger partial charge >= 0.3 is 0 Å². The average molecular weight is 340 g/mol. The first-order valence-electron chi connectivity index (χ1n) is 8.38. The topological polar surface area (TPSA) is 12.9 Å². The minimum Gasteiger partial charge on any atom is -0.257 e. The minimum atomic E-state index is 1.10. The van der Waals surface area contributed by atoms with Crippen molar-refractivity contribution in [3.8, 4) is 0 Å². The van der Waals surface area contributed by atoms with Crippen LogP contribution < -0.4 is 0 Å². The third-order valence-corrected chi connectivity index (χ3v) is 6.68. The molecule has 3 heteroatoms. The molecule has 0 aliphatic rings. The van der Waals surface area contributed by atoms with E-state index in [-0.39, 0.29) is 0 Å². The van der Waals surface area contributed by atoms with Crippen molar-refractivity contribution in [1.82, 2.24) is 4.98 Å². The van der Waals surface area contributed by atoms with Gasteiger partial charge in [-0.15, -0.1) is 22.7 Å². The lowest BCUT2D eigenvalue weighted by atomic mass is 9.97. The Morgan fingerprint density at radius 1 is 0.913 bits per heavy atom. The molecule has 0 atom stereocenters. The Balaban J connectivity index is 2.08. The normalized spacial score (nSPS) is 12.0. The zero-order chi connectivity index (χ0) is 16.0. The molecule has 1 aromatic carbocycles. The lowest BCUT2D eigenvalue weighted by Crippen LogP contribution is -1.99. The van der Waals surface area contributed by atoms with Gasteiger partial charge in [-0.3, -0.25) is 4.98 Å². The largest absolute Gasteiger partial charge is 0.257 e. The first-order valence-corrected chi connectivity index (χ1v) is 10.1. The summed E-state index contributed by atoms with van der Waals surface area (Å²) in [4.78, 5) is 5.00. The molecule has 3 heterocycles. The Morgan fingerprint density at radius 3 is 2.22 bits per heavy atom. The molecule has 0 spiro atoms. The summed E-state index contributed by atoms with van der Waals surface area (Å²) in [6, 6.07) is 4.54. The molecule has 0 bridgehead atoms. The van der Waals surface area contributed by atoms with Gasteiger partial charge in [0.1, 0.15) is 0 Å². The number of pyridine rings is 1. The van der Waals surface area contributed by atoms with Crippen LogP contribution in [0, 0.1) is 13.8 Å². The molecular weight excluding hydrogens is 318 g/mol. The van der Waals surface area contributed by atoms with Gasteiger partial charge in [-0.05, 0) is 55.1 Å². The summed E-state index contributed by atoms with van der Waals surface area (Å²) in [7, 11) is 0. The number of nitrogens with zero attached hydrogens (tertiary/aromatic N) is 1. The maximum absolute atomic E-state index is 5.00. The maximum atomic E-state index is 5.00. The average Bonchev–Trinajstić information content (AvgIpc) is 3.19. The van der Waals surface area contributed by atoms with E-state index in [9.17, 15) is 0 Å². The van der Waals surface area contributed by atoms with Crippen molar-refractivity contribution in [3.05, 3.63) is 39.8 Å². The van der Waals surface area contributed by atoms with Crippen LogP contribution in [-0.4, -0.2) is 4.98 Å². The van der Waals surface area contributed by atoms with E-state index in [4.69, 9.17) is 4.98 Å². The molecule has 4 rings (SSSR count). The van der Waals surface area contributed by atoms with Gasteiger partial charge in [0.2, 0.25) is 0 Å². The fourth-order valence-corrected chi connectivity index (χ4v) is 5.66. The van der Waals surface area contributed by atoms with Gasteiger partial charge in [-0.2, -0.15) is 0 Å². The van der Waals surface area contributed by atoms with Crippen molar-refractivity contribution in [3.63, 3.8) is 0 Å². The van der Waals surface area contributed by atoms with E-state index in [0.717, 1.165) is 6.42 Å². The van der Waals surface area contributed by atoms with Crippen LogP contribution in [0.5, 0.6) is 0 Å². The fraction of sp³-hybridized carbons (Fsp3) is 0.350. The van der Waals surface area contributed by atoms with Crippen LogP contribution in [0.15, 0.2) is 22.9 Å². The highest BCUT2D eigenvalue weighted by Crippen LogP contribution is 2.43. The number of aryl methyl sites for hydroxylation is 3. The summed E-state index contributed by atoms with van der Waals surface area (Å²) >= 11 is 3.72. The van der Waals surface area contributed by atoms with E-state index in [2.05, 4.69) is 43.7 Å². The van der Waals surface area contributed by atoms with E-state index < -0.39 is 0 Å². The second-order valence-electron chi connectivity index (χ2n) is 6.30. The molecule has 0 saturated carbocycles. The van der Waals surface area contributed by atoms with E-state index >= 15 is 0 Å². The quantitative estimate of drug-likeness (QED) is 0.364. The molecule has 0 unspecified atom stereocenters. The number of thiophene rings is 2. The Kier molecular flexibility index (Phi) is 3.86. The van der Waals surface area contributed by atoms with Gasteiger partial charge in [0.15, 0.2) is 0 Å². The molecule has 4 aromatic rings. The lowest BCUT2D eigenvalue weighted by molar-refractivity contribution is 0.704. The zero-order valence-corrected chi connectivity index (χ0v) is 15.5. The molecule has 1 nitrogen and oxygen atoms in total. The first kappa shape index (κ1) is 15.1. The van der Waals surface area contributed by atoms with Gasteiger partial charge in [0.05, 0.1) is 0 Å². The Labute approximate surface area is 145 Å². The molecule has 0 aliphatic heterocycles. The minimum absolute atomic E-state index is 1.10. The van der Waals surface area contributed by atoms with E-state index in [1.54, 1.807) is 0 Å². The van der Waals surface area contributed by atoms with Crippen molar-refractivity contribution in [1.29, 1.82) is 0 Å². The second kappa shape index (κ2) is 5.88. The summed E-state index contributed by atoms with van der Waals surface area (Å²) in [5.74, 6) is 0. The molecule has 0 N–H and O–H groups in total. The van der Waals surface area contributed by atoms with Crippen LogP contribution in [0.3, 0.4) is 0 Å². The molecule has 118 valence electrons. The smallest absolute Gasteiger partial charge is 0.0469 e. The Bertz CT molecular complexity index is 1010. The van der Waals surface area contributed by atoms with Crippen molar-refractivity contribution >= 4 is 53.6 Å². The fourth-order valence-electron chi connectivity index (χ4n) is 3.63. The lowest BCUT2D eigenvalue weighted by Gasteiger charge is -2.13. The van der Waals surface area contributed by atoms with Crippen molar-refractivity contribution in [2.24, 2.45) is 0 Å². The second-order valence-corrected chi connectivity index (χ2v) is 8.14. The molecule has 0 radical (unpaired) electrons. The number of rotatable bonds is 4. The number of benzene rings is 1. The summed E-state index contributed by atoms with van der Waals surface area (Å²) in [6.07, 6.45) is 4.89. The maximum Gasteiger partial charge on any atom is 0.0469 e. The predicted molar refractivity (Wildman–Crippen MR) is 105 cm³/mol. The Morgan fingerprint density at radius 2 is 1.57 bits per heavy atom. The Hall–Kier alpha value is -1.45. The SMILES string of the molecule is CCCCCc1nc(C)c2c3sccc3c3ccsc3c2c1C. The van der Waals surface area contributed by atoms with Crippen molar-refractivity contribution in [2.75, 3.05) is 0 Å². The molecule has 0 fully saturated rings. The van der Waals surface area contributed by atoms with Gasteiger partial charge in [0.25, 0.3) is 0 Å². The van der Waals surface area contributed by atoms with E-state index in [1.165, 1.54) is 67.2 Å². The van der Waals surface area contributed by atoms with Gasteiger partial charge < -0.3 is 0 Å². The summed E-state index contributed by atoms with van der Waals surface area (Å²) < 4.78 is 2.84. The van der Waals surface area contributed by atoms with Gasteiger partial charge in [-0.1, -0.05) is 19.8 Å². The van der Waals surface area contributed by atoms with Crippen LogP contribution in [0.1, 0.15) is 43.1 Å². The van der Waals surface area contributed by atoms with Crippen molar-refractivity contribution < 1.29 is 0 Å². The summed E-state index contributed by atoms with van der Waals surface area (Å²) in [5, 5.41) is 10.1. The summed E-state index contributed by atoms with van der Waals surface area (Å²) in [5.41, 5.74) is 3.89. The highest BCUT2D eigenvalue weighted by atomic mass is 32.1. The number of aromatic nitrogens is 1. The van der Waals surface area contributed by atoms with Crippen LogP contribution in [0.4, 0.5) is 0 Å². The van der Waals surface area contributed by atoms with E-state index in [1.807, 2.05) is 22.7 Å². The zero-order valence-electron chi connectivity index (χ0n) is 13.9. The molecule has 0 amide bonds. The van der Waals surface area contributed by atoms with Crippen LogP contribution in [-0.2, 0) is 6.42 Å². The molecular formula is C20H21NS2. The van der Waals surface area contributed by atoms with E-state index in [0.29, 0.717) is 0 Å². The number of fused-ring (bicyclic) bond motifs is 6. The van der Waals surface area contributed by atoms with Crippen LogP contribution in [0.25, 0.3) is 30.9 Å². The molecule has 0 aliphatic carbocycles. The predicted octanol–water partition coefficient (Wildman–Crippen LogP) is 7.01. The highest BCUT2D eigenvalue weighted by Gasteiger charge is 2.17. The standard InChI is InChI=1S/C20H21NS2/c1-4-5-6-7-16-12(2)17-18(13(3)21-16)20-15(9-11-23-20)14-8-10-22-19(14)17/h8-11H,4-7H2,1-3H3. The third kappa shape index (κ3) is 2.29. The number of unbranched alkanes of at least 4 members (excludes halogenated alkanes) is 2. The first-order chi connectivity index (χ1) is 11.2. The summed E-state index contributed by atoms with van der Waals surface area (Å²) in [6.45, 7) is 6.72. The van der Waals surface area contributed by atoms with Crippen LogP contribution in [0.2, 0.25) is 0 Å².